The van der Waals surface area contributed by atoms with Crippen LogP contribution in [0, 0.1) is 0 Å². The quantitative estimate of drug-likeness (QED) is 0.634. The molecule has 1 fully saturated rings. The number of fused-ring (bicyclic) bond motifs is 1. The Kier molecular flexibility index (Phi) is 1.85. The maximum absolute atomic E-state index is 5.71. The number of nitrogen functional groups attached to an aromatic ring is 1. The number of nitrogens with zero attached hydrogens (tertiary/aromatic N) is 2. The van der Waals surface area contributed by atoms with E-state index in [2.05, 4.69) is 20.5 Å². The molecular weight excluding hydrogens is 190 g/mol. The van der Waals surface area contributed by atoms with E-state index in [-0.39, 0.29) is 0 Å². The number of nitrogens with one attached hydrogen (secondary N) is 2. The van der Waals surface area contributed by atoms with Gasteiger partial charge in [-0.05, 0) is 25.1 Å². The van der Waals surface area contributed by atoms with Crippen LogP contribution in [0.1, 0.15) is 18.0 Å². The Hall–Kier alpha value is -1.62. The highest BCUT2D eigenvalue weighted by atomic mass is 15.2. The maximum atomic E-state index is 5.71. The van der Waals surface area contributed by atoms with E-state index in [4.69, 9.17) is 5.73 Å². The molecule has 1 aliphatic rings. The predicted molar refractivity (Wildman–Crippen MR) is 58.5 cm³/mol. The second-order valence-electron chi connectivity index (χ2n) is 3.93. The van der Waals surface area contributed by atoms with E-state index in [1.807, 2.05) is 12.1 Å². The number of hydrogen-bond donors (Lipinski definition) is 3. The molecule has 3 heterocycles. The molecule has 1 saturated heterocycles. The first-order valence-electron chi connectivity index (χ1n) is 5.16. The first-order chi connectivity index (χ1) is 7.34. The average Bonchev–Trinajstić information content (AvgIpc) is 2.88. The van der Waals surface area contributed by atoms with Crippen molar-refractivity contribution in [1.82, 2.24) is 20.5 Å². The first kappa shape index (κ1) is 8.67. The number of rotatable bonds is 1. The molecule has 3 rings (SSSR count). The number of H-pyrrole nitrogens is 1. The summed E-state index contributed by atoms with van der Waals surface area (Å²) in [6, 6.07) is 4.04. The third-order valence-corrected chi connectivity index (χ3v) is 2.95. The third-order valence-electron chi connectivity index (χ3n) is 2.95. The van der Waals surface area contributed by atoms with Gasteiger partial charge in [0.05, 0.1) is 5.39 Å². The van der Waals surface area contributed by atoms with Gasteiger partial charge in [-0.25, -0.2) is 4.98 Å². The first-order valence-corrected chi connectivity index (χ1v) is 5.16. The lowest BCUT2D eigenvalue weighted by Gasteiger charge is -2.06. The zero-order valence-electron chi connectivity index (χ0n) is 8.33. The smallest absolute Gasteiger partial charge is 0.183 e. The molecule has 2 aromatic heterocycles. The van der Waals surface area contributed by atoms with Gasteiger partial charge in [0.15, 0.2) is 5.65 Å². The minimum atomic E-state index is 0.521. The van der Waals surface area contributed by atoms with Crippen molar-refractivity contribution in [2.24, 2.45) is 0 Å². The van der Waals surface area contributed by atoms with Crippen LogP contribution in [0.5, 0.6) is 0 Å². The lowest BCUT2D eigenvalue weighted by molar-refractivity contribution is 0.738. The molecule has 0 radical (unpaired) electrons. The Morgan fingerprint density at radius 2 is 2.33 bits per heavy atom. The maximum Gasteiger partial charge on any atom is 0.183 e. The third kappa shape index (κ3) is 1.35. The molecule has 0 saturated carbocycles. The van der Waals surface area contributed by atoms with E-state index >= 15 is 0 Å². The number of aromatic amines is 1. The summed E-state index contributed by atoms with van der Waals surface area (Å²) in [7, 11) is 0. The summed E-state index contributed by atoms with van der Waals surface area (Å²) in [6.45, 7) is 2.09. The predicted octanol–water partition coefficient (Wildman–Crippen LogP) is 0.617. The van der Waals surface area contributed by atoms with Crippen LogP contribution in [0.15, 0.2) is 12.1 Å². The molecule has 5 nitrogen and oxygen atoms in total. The number of pyridine rings is 1. The van der Waals surface area contributed by atoms with Gasteiger partial charge in [-0.2, -0.15) is 5.10 Å². The summed E-state index contributed by atoms with van der Waals surface area (Å²) in [5.74, 6) is 1.11. The summed E-state index contributed by atoms with van der Waals surface area (Å²) in [5, 5.41) is 11.1. The lowest BCUT2D eigenvalue weighted by Crippen LogP contribution is -2.08. The van der Waals surface area contributed by atoms with Crippen molar-refractivity contribution >= 4 is 16.9 Å². The summed E-state index contributed by atoms with van der Waals surface area (Å²) < 4.78 is 0. The van der Waals surface area contributed by atoms with Gasteiger partial charge in [0.25, 0.3) is 0 Å². The van der Waals surface area contributed by atoms with Crippen molar-refractivity contribution in [3.05, 3.63) is 17.8 Å². The van der Waals surface area contributed by atoms with Crippen LogP contribution in [-0.4, -0.2) is 28.3 Å². The van der Waals surface area contributed by atoms with Crippen LogP contribution < -0.4 is 11.1 Å². The van der Waals surface area contributed by atoms with Gasteiger partial charge >= 0.3 is 0 Å². The van der Waals surface area contributed by atoms with E-state index in [0.29, 0.717) is 11.7 Å². The molecule has 4 N–H and O–H groups in total. The number of aromatic nitrogens is 3. The van der Waals surface area contributed by atoms with Gasteiger partial charge in [-0.3, -0.25) is 5.10 Å². The minimum Gasteiger partial charge on any atom is -0.384 e. The highest BCUT2D eigenvalue weighted by molar-refractivity contribution is 5.85. The molecule has 2 aromatic rings. The fourth-order valence-corrected chi connectivity index (χ4v) is 2.07. The number of nitrogens with two attached hydrogens (primary N) is 1. The highest BCUT2D eigenvalue weighted by Crippen LogP contribution is 2.23. The topological polar surface area (TPSA) is 79.6 Å². The second kappa shape index (κ2) is 3.20. The van der Waals surface area contributed by atoms with Gasteiger partial charge in [0.2, 0.25) is 0 Å². The van der Waals surface area contributed by atoms with Crippen molar-refractivity contribution < 1.29 is 0 Å². The van der Waals surface area contributed by atoms with Crippen LogP contribution in [0.25, 0.3) is 11.0 Å². The molecule has 1 aliphatic heterocycles. The molecule has 0 bridgehead atoms. The minimum absolute atomic E-state index is 0.521. The SMILES string of the molecule is Nc1[nH]nc2nc([C@H]3CCNC3)ccc12. The fraction of sp³-hybridized carbons (Fsp3) is 0.400. The van der Waals surface area contributed by atoms with Crippen LogP contribution >= 0.6 is 0 Å². The summed E-state index contributed by atoms with van der Waals surface area (Å²) >= 11 is 0. The van der Waals surface area contributed by atoms with Gasteiger partial charge in [0.1, 0.15) is 5.82 Å². The number of anilines is 1. The Morgan fingerprint density at radius 3 is 3.13 bits per heavy atom. The molecule has 5 heteroatoms. The largest absolute Gasteiger partial charge is 0.384 e. The Morgan fingerprint density at radius 1 is 1.40 bits per heavy atom. The molecule has 0 spiro atoms. The van der Waals surface area contributed by atoms with Gasteiger partial charge in [-0.1, -0.05) is 0 Å². The zero-order chi connectivity index (χ0) is 10.3. The van der Waals surface area contributed by atoms with E-state index in [9.17, 15) is 0 Å². The normalized spacial score (nSPS) is 21.2. The highest BCUT2D eigenvalue weighted by Gasteiger charge is 2.18. The summed E-state index contributed by atoms with van der Waals surface area (Å²) in [4.78, 5) is 4.52. The monoisotopic (exact) mass is 203 g/mol. The van der Waals surface area contributed by atoms with Gasteiger partial charge < -0.3 is 11.1 Å². The van der Waals surface area contributed by atoms with Crippen molar-refractivity contribution in [2.45, 2.75) is 12.3 Å². The van der Waals surface area contributed by atoms with Crippen molar-refractivity contribution in [3.63, 3.8) is 0 Å². The van der Waals surface area contributed by atoms with Crippen molar-refractivity contribution in [2.75, 3.05) is 18.8 Å². The van der Waals surface area contributed by atoms with Crippen molar-refractivity contribution in [3.8, 4) is 0 Å². The molecule has 1 atom stereocenters. The van der Waals surface area contributed by atoms with Gasteiger partial charge in [-0.15, -0.1) is 0 Å². The van der Waals surface area contributed by atoms with Crippen LogP contribution in [0.2, 0.25) is 0 Å². The Bertz CT molecular complexity index is 484. The second-order valence-corrected chi connectivity index (χ2v) is 3.93. The molecular formula is C10H13N5. The molecule has 0 aromatic carbocycles. The summed E-state index contributed by atoms with van der Waals surface area (Å²) in [5.41, 5.74) is 7.54. The van der Waals surface area contributed by atoms with Gasteiger partial charge in [0, 0.05) is 18.2 Å². The Balaban J connectivity index is 2.05. The summed E-state index contributed by atoms with van der Waals surface area (Å²) in [6.07, 6.45) is 1.15. The van der Waals surface area contributed by atoms with E-state index in [1.165, 1.54) is 0 Å². The van der Waals surface area contributed by atoms with E-state index < -0.39 is 0 Å². The molecule has 15 heavy (non-hydrogen) atoms. The Labute approximate surface area is 87.1 Å². The van der Waals surface area contributed by atoms with E-state index in [0.717, 1.165) is 36.2 Å². The van der Waals surface area contributed by atoms with E-state index in [1.54, 1.807) is 0 Å². The molecule has 0 amide bonds. The van der Waals surface area contributed by atoms with Crippen LogP contribution in [0.4, 0.5) is 5.82 Å². The van der Waals surface area contributed by atoms with Crippen LogP contribution in [0.3, 0.4) is 0 Å². The van der Waals surface area contributed by atoms with Crippen molar-refractivity contribution in [1.29, 1.82) is 0 Å². The zero-order valence-corrected chi connectivity index (χ0v) is 8.33. The molecule has 0 unspecified atom stereocenters. The average molecular weight is 203 g/mol. The standard InChI is InChI=1S/C10H13N5/c11-9-7-1-2-8(6-3-4-12-5-6)13-10(7)15-14-9/h1-2,6,12H,3-5H2,(H3,11,13,14,15)/t6-/m0/s1. The fourth-order valence-electron chi connectivity index (χ4n) is 2.07. The molecule has 78 valence electrons. The van der Waals surface area contributed by atoms with Crippen LogP contribution in [-0.2, 0) is 0 Å². The number of hydrogen-bond acceptors (Lipinski definition) is 4. The lowest BCUT2D eigenvalue weighted by atomic mass is 10.0. The molecule has 0 aliphatic carbocycles.